The van der Waals surface area contributed by atoms with Crippen LogP contribution < -0.4 is 0 Å². The molecule has 1 aromatic heterocycles. The average molecular weight is 467 g/mol. The molecule has 0 saturated carbocycles. The van der Waals surface area contributed by atoms with E-state index < -0.39 is 29.9 Å². The van der Waals surface area contributed by atoms with Crippen LogP contribution in [0.5, 0.6) is 0 Å². The Morgan fingerprint density at radius 1 is 0.788 bits per heavy atom. The van der Waals surface area contributed by atoms with E-state index in [4.69, 9.17) is 13.9 Å². The zero-order chi connectivity index (χ0) is 23.9. The highest BCUT2D eigenvalue weighted by molar-refractivity contribution is 5.84. The zero-order valence-corrected chi connectivity index (χ0v) is 20.1. The minimum atomic E-state index is -1.46. The van der Waals surface area contributed by atoms with Gasteiger partial charge in [-0.05, 0) is 37.3 Å². The van der Waals surface area contributed by atoms with Crippen molar-refractivity contribution in [2.45, 2.75) is 128 Å². The van der Waals surface area contributed by atoms with Gasteiger partial charge in [0.1, 0.15) is 0 Å². The third-order valence-electron chi connectivity index (χ3n) is 6.46. The van der Waals surface area contributed by atoms with Crippen LogP contribution in [0.25, 0.3) is 0 Å². The molecule has 0 aromatic carbocycles. The topological polar surface area (TPSA) is 106 Å². The predicted octanol–water partition coefficient (Wildman–Crippen LogP) is 6.34. The summed E-state index contributed by atoms with van der Waals surface area (Å²) in [6.07, 6.45) is 17.0. The first kappa shape index (κ1) is 27.4. The number of hydrogen-bond acceptors (Lipinski definition) is 5. The highest BCUT2D eigenvalue weighted by Crippen LogP contribution is 2.38. The molecule has 0 radical (unpaired) electrons. The number of unbranched alkanes of at least 4 members (excludes halogenated alkanes) is 11. The maximum Gasteiger partial charge on any atom is 0.336 e. The Balaban J connectivity index is 1.77. The Morgan fingerprint density at radius 2 is 1.27 bits per heavy atom. The average Bonchev–Trinajstić information content (AvgIpc) is 3.44. The number of ether oxygens (including phenoxy) is 2. The maximum absolute atomic E-state index is 11.6. The summed E-state index contributed by atoms with van der Waals surface area (Å²) in [6.45, 7) is 2.23. The number of carboxylic acids is 2. The van der Waals surface area contributed by atoms with Gasteiger partial charge in [-0.15, -0.1) is 0 Å². The van der Waals surface area contributed by atoms with Crippen molar-refractivity contribution in [3.05, 3.63) is 24.2 Å². The second-order valence-corrected chi connectivity index (χ2v) is 9.29. The van der Waals surface area contributed by atoms with E-state index >= 15 is 0 Å². The number of aliphatic carboxylic acids is 2. The Morgan fingerprint density at radius 3 is 1.73 bits per heavy atom. The van der Waals surface area contributed by atoms with Crippen LogP contribution in [0.2, 0.25) is 0 Å². The molecular weight excluding hydrogens is 424 g/mol. The van der Waals surface area contributed by atoms with E-state index in [2.05, 4.69) is 6.92 Å². The summed E-state index contributed by atoms with van der Waals surface area (Å²) in [5.41, 5.74) is 1.15. The smallest absolute Gasteiger partial charge is 0.336 e. The van der Waals surface area contributed by atoms with Crippen molar-refractivity contribution in [3.8, 4) is 0 Å². The second-order valence-electron chi connectivity index (χ2n) is 9.29. The summed E-state index contributed by atoms with van der Waals surface area (Å²) in [5.74, 6) is -3.69. The molecule has 2 N–H and O–H groups in total. The van der Waals surface area contributed by atoms with Gasteiger partial charge < -0.3 is 24.1 Å². The molecule has 0 bridgehead atoms. The van der Waals surface area contributed by atoms with E-state index in [1.54, 1.807) is 12.5 Å². The van der Waals surface area contributed by atoms with E-state index in [1.165, 1.54) is 44.9 Å². The Kier molecular flexibility index (Phi) is 12.5. The largest absolute Gasteiger partial charge is 0.479 e. The van der Waals surface area contributed by atoms with Gasteiger partial charge >= 0.3 is 11.9 Å². The van der Waals surface area contributed by atoms with Crippen LogP contribution in [0, 0.1) is 0 Å². The van der Waals surface area contributed by atoms with Crippen LogP contribution >= 0.6 is 0 Å². The third-order valence-corrected chi connectivity index (χ3v) is 6.46. The van der Waals surface area contributed by atoms with Crippen LogP contribution in [-0.2, 0) is 25.5 Å². The quantitative estimate of drug-likeness (QED) is 0.229. The maximum atomic E-state index is 11.6. The van der Waals surface area contributed by atoms with E-state index in [-0.39, 0.29) is 0 Å². The lowest BCUT2D eigenvalue weighted by Gasteiger charge is -2.28. The number of rotatable bonds is 19. The van der Waals surface area contributed by atoms with Gasteiger partial charge in [0.25, 0.3) is 0 Å². The van der Waals surface area contributed by atoms with Gasteiger partial charge in [-0.1, -0.05) is 71.1 Å². The van der Waals surface area contributed by atoms with E-state index in [9.17, 15) is 19.8 Å². The SMILES string of the molecule is CCCCCCCCCCCCC1(CCCCCc2ccoc2)O[C@@H](C(=O)O)[C@H](C(=O)O)O1. The fourth-order valence-electron chi connectivity index (χ4n) is 4.55. The lowest BCUT2D eigenvalue weighted by Crippen LogP contribution is -2.36. The van der Waals surface area contributed by atoms with Crippen molar-refractivity contribution >= 4 is 11.9 Å². The van der Waals surface area contributed by atoms with Gasteiger partial charge in [0.05, 0.1) is 12.5 Å². The standard InChI is InChI=1S/C26H42O7/c1-2-3-4-5-6-7-8-9-10-13-17-26(18-14-11-12-15-21-16-19-31-20-21)32-22(24(27)28)23(33-26)25(29)30/h16,19-20,22-23H,2-15,17-18H2,1H3,(H,27,28)(H,29,30)/t22-,23-/m1/s1. The number of aryl methyl sites for hydroxylation is 1. The summed E-state index contributed by atoms with van der Waals surface area (Å²) in [6, 6.07) is 1.95. The van der Waals surface area contributed by atoms with Crippen LogP contribution in [0.4, 0.5) is 0 Å². The second kappa shape index (κ2) is 15.1. The lowest BCUT2D eigenvalue weighted by atomic mass is 9.98. The molecule has 33 heavy (non-hydrogen) atoms. The van der Waals surface area contributed by atoms with Crippen LogP contribution in [-0.4, -0.2) is 40.1 Å². The minimum Gasteiger partial charge on any atom is -0.479 e. The third kappa shape index (κ3) is 9.88. The molecule has 1 aliphatic heterocycles. The van der Waals surface area contributed by atoms with Crippen molar-refractivity contribution in [2.75, 3.05) is 0 Å². The summed E-state index contributed by atoms with van der Waals surface area (Å²) >= 11 is 0. The molecule has 7 heteroatoms. The number of furan rings is 1. The Labute approximate surface area is 197 Å². The van der Waals surface area contributed by atoms with E-state index in [0.29, 0.717) is 12.8 Å². The van der Waals surface area contributed by atoms with Crippen molar-refractivity contribution < 1.29 is 33.7 Å². The summed E-state index contributed by atoms with van der Waals surface area (Å²) in [5, 5.41) is 18.9. The van der Waals surface area contributed by atoms with Gasteiger partial charge in [0, 0.05) is 12.8 Å². The van der Waals surface area contributed by atoms with Crippen LogP contribution in [0.1, 0.15) is 109 Å². The Hall–Kier alpha value is -1.86. The number of carbonyl (C=O) groups is 2. The molecule has 0 unspecified atom stereocenters. The number of carboxylic acid groups (broad SMARTS) is 2. The monoisotopic (exact) mass is 466 g/mol. The molecule has 1 aliphatic rings. The molecule has 188 valence electrons. The summed E-state index contributed by atoms with van der Waals surface area (Å²) in [7, 11) is 0. The van der Waals surface area contributed by atoms with Crippen molar-refractivity contribution in [1.29, 1.82) is 0 Å². The van der Waals surface area contributed by atoms with E-state index in [0.717, 1.165) is 50.5 Å². The fourth-order valence-corrected chi connectivity index (χ4v) is 4.55. The van der Waals surface area contributed by atoms with E-state index in [1.807, 2.05) is 6.07 Å². The fraction of sp³-hybridized carbons (Fsp3) is 0.769. The summed E-state index contributed by atoms with van der Waals surface area (Å²) < 4.78 is 16.7. The number of hydrogen-bond donors (Lipinski definition) is 2. The molecule has 2 rings (SSSR count). The molecule has 0 spiro atoms. The van der Waals surface area contributed by atoms with Crippen molar-refractivity contribution in [1.82, 2.24) is 0 Å². The van der Waals surface area contributed by atoms with Crippen molar-refractivity contribution in [2.24, 2.45) is 0 Å². The normalized spacial score (nSPS) is 19.7. The molecule has 1 aromatic rings. The molecule has 7 nitrogen and oxygen atoms in total. The zero-order valence-electron chi connectivity index (χ0n) is 20.1. The molecule has 1 fully saturated rings. The van der Waals surface area contributed by atoms with Gasteiger partial charge in [-0.2, -0.15) is 0 Å². The highest BCUT2D eigenvalue weighted by atomic mass is 16.8. The van der Waals surface area contributed by atoms with Gasteiger partial charge in [-0.25, -0.2) is 9.59 Å². The van der Waals surface area contributed by atoms with Crippen LogP contribution in [0.15, 0.2) is 23.0 Å². The van der Waals surface area contributed by atoms with Crippen molar-refractivity contribution in [3.63, 3.8) is 0 Å². The molecular formula is C26H42O7. The Bertz CT molecular complexity index is 648. The molecule has 2 heterocycles. The molecule has 1 saturated heterocycles. The van der Waals surface area contributed by atoms with Gasteiger partial charge in [-0.3, -0.25) is 0 Å². The predicted molar refractivity (Wildman–Crippen MR) is 125 cm³/mol. The molecule has 0 amide bonds. The first-order valence-electron chi connectivity index (χ1n) is 12.8. The molecule has 0 aliphatic carbocycles. The minimum absolute atomic E-state index is 0.503. The van der Waals surface area contributed by atoms with Gasteiger partial charge in [0.15, 0.2) is 18.0 Å². The van der Waals surface area contributed by atoms with Gasteiger partial charge in [0.2, 0.25) is 0 Å². The highest BCUT2D eigenvalue weighted by Gasteiger charge is 2.53. The molecule has 2 atom stereocenters. The first-order valence-corrected chi connectivity index (χ1v) is 12.8. The van der Waals surface area contributed by atoms with Crippen LogP contribution in [0.3, 0.4) is 0 Å². The lowest BCUT2D eigenvalue weighted by molar-refractivity contribution is -0.195. The first-order chi connectivity index (χ1) is 16.0. The summed E-state index contributed by atoms with van der Waals surface area (Å²) in [4.78, 5) is 23.2.